The number of carbonyl (C=O) groups excluding carboxylic acids is 1. The van der Waals surface area contributed by atoms with Gasteiger partial charge in [0.05, 0.1) is 6.20 Å². The fraction of sp³-hybridized carbons (Fsp3) is 0.500. The van der Waals surface area contributed by atoms with Crippen molar-refractivity contribution in [2.45, 2.75) is 20.3 Å². The van der Waals surface area contributed by atoms with Crippen LogP contribution in [-0.4, -0.2) is 10.9 Å². The Hall–Kier alpha value is -1.12. The Labute approximate surface area is 65.4 Å². The van der Waals surface area contributed by atoms with Gasteiger partial charge in [0.2, 0.25) is 11.5 Å². The predicted octanol–water partition coefficient (Wildman–Crippen LogP) is 1.90. The molecule has 60 valence electrons. The molecule has 0 aliphatic carbocycles. The first-order valence-corrected chi connectivity index (χ1v) is 3.64. The molecule has 0 atom stereocenters. The van der Waals surface area contributed by atoms with Gasteiger partial charge >= 0.3 is 0 Å². The Kier molecular flexibility index (Phi) is 2.41. The van der Waals surface area contributed by atoms with Gasteiger partial charge < -0.3 is 4.52 Å². The third kappa shape index (κ3) is 2.18. The SMILES string of the molecule is CC(C)CC(=O)c1ccno1. The van der Waals surface area contributed by atoms with Gasteiger partial charge in [0.1, 0.15) is 0 Å². The molecule has 11 heavy (non-hydrogen) atoms. The summed E-state index contributed by atoms with van der Waals surface area (Å²) in [5, 5.41) is 3.45. The molecule has 0 fully saturated rings. The van der Waals surface area contributed by atoms with E-state index < -0.39 is 0 Å². The van der Waals surface area contributed by atoms with Crippen molar-refractivity contribution < 1.29 is 9.32 Å². The molecule has 3 nitrogen and oxygen atoms in total. The molecule has 0 aliphatic heterocycles. The van der Waals surface area contributed by atoms with Gasteiger partial charge in [-0.15, -0.1) is 0 Å². The van der Waals surface area contributed by atoms with E-state index in [0.29, 0.717) is 18.1 Å². The number of aromatic nitrogens is 1. The molecule has 3 heteroatoms. The lowest BCUT2D eigenvalue weighted by Gasteiger charge is -1.98. The number of hydrogen-bond acceptors (Lipinski definition) is 3. The van der Waals surface area contributed by atoms with E-state index in [1.165, 1.54) is 6.20 Å². The first-order valence-electron chi connectivity index (χ1n) is 3.64. The summed E-state index contributed by atoms with van der Waals surface area (Å²) >= 11 is 0. The summed E-state index contributed by atoms with van der Waals surface area (Å²) in [6, 6.07) is 1.59. The standard InChI is InChI=1S/C8H11NO2/c1-6(2)5-7(10)8-3-4-9-11-8/h3-4,6H,5H2,1-2H3. The number of ketones is 1. The number of hydrogen-bond donors (Lipinski definition) is 0. The van der Waals surface area contributed by atoms with E-state index >= 15 is 0 Å². The first-order chi connectivity index (χ1) is 5.20. The highest BCUT2D eigenvalue weighted by Crippen LogP contribution is 2.07. The molecule has 0 amide bonds. The monoisotopic (exact) mass is 153 g/mol. The average molecular weight is 153 g/mol. The molecule has 1 rings (SSSR count). The quantitative estimate of drug-likeness (QED) is 0.623. The highest BCUT2D eigenvalue weighted by molar-refractivity contribution is 5.93. The first kappa shape index (κ1) is 7.98. The summed E-state index contributed by atoms with van der Waals surface area (Å²) in [5.74, 6) is 0.754. The van der Waals surface area contributed by atoms with Crippen molar-refractivity contribution in [3.63, 3.8) is 0 Å². The minimum absolute atomic E-state index is 0.0255. The summed E-state index contributed by atoms with van der Waals surface area (Å²) < 4.78 is 4.70. The second kappa shape index (κ2) is 3.32. The summed E-state index contributed by atoms with van der Waals surface area (Å²) in [7, 11) is 0. The largest absolute Gasteiger partial charge is 0.353 e. The van der Waals surface area contributed by atoms with Gasteiger partial charge in [-0.3, -0.25) is 4.79 Å². The van der Waals surface area contributed by atoms with E-state index in [1.54, 1.807) is 6.07 Å². The fourth-order valence-electron chi connectivity index (χ4n) is 0.831. The van der Waals surface area contributed by atoms with Crippen LogP contribution in [0.15, 0.2) is 16.8 Å². The van der Waals surface area contributed by atoms with Crippen LogP contribution in [-0.2, 0) is 0 Å². The van der Waals surface area contributed by atoms with E-state index in [9.17, 15) is 4.79 Å². The zero-order valence-electron chi connectivity index (χ0n) is 6.70. The maximum Gasteiger partial charge on any atom is 0.202 e. The second-order valence-corrected chi connectivity index (χ2v) is 2.90. The summed E-state index contributed by atoms with van der Waals surface area (Å²) in [6.45, 7) is 3.99. The maximum atomic E-state index is 11.2. The van der Waals surface area contributed by atoms with Crippen molar-refractivity contribution >= 4 is 5.78 Å². The molecule has 0 bridgehead atoms. The van der Waals surface area contributed by atoms with Gasteiger partial charge in [-0.05, 0) is 5.92 Å². The predicted molar refractivity (Wildman–Crippen MR) is 40.3 cm³/mol. The Morgan fingerprint density at radius 2 is 2.45 bits per heavy atom. The lowest BCUT2D eigenvalue weighted by molar-refractivity contribution is 0.0931. The van der Waals surface area contributed by atoms with Crippen molar-refractivity contribution in [1.82, 2.24) is 5.16 Å². The smallest absolute Gasteiger partial charge is 0.202 e. The molecule has 0 unspecified atom stereocenters. The fourth-order valence-corrected chi connectivity index (χ4v) is 0.831. The van der Waals surface area contributed by atoms with Gasteiger partial charge in [0.15, 0.2) is 0 Å². The van der Waals surface area contributed by atoms with Crippen LogP contribution >= 0.6 is 0 Å². The molecule has 1 aromatic rings. The van der Waals surface area contributed by atoms with E-state index in [0.717, 1.165) is 0 Å². The summed E-state index contributed by atoms with van der Waals surface area (Å²) in [6.07, 6.45) is 2.00. The molecular weight excluding hydrogens is 142 g/mol. The second-order valence-electron chi connectivity index (χ2n) is 2.90. The molecule has 0 spiro atoms. The van der Waals surface area contributed by atoms with E-state index in [1.807, 2.05) is 13.8 Å². The van der Waals surface area contributed by atoms with Gasteiger partial charge in [0, 0.05) is 12.5 Å². The zero-order chi connectivity index (χ0) is 8.27. The number of rotatable bonds is 3. The number of nitrogens with zero attached hydrogens (tertiary/aromatic N) is 1. The van der Waals surface area contributed by atoms with Gasteiger partial charge in [-0.2, -0.15) is 0 Å². The highest BCUT2D eigenvalue weighted by Gasteiger charge is 2.10. The van der Waals surface area contributed by atoms with Crippen LogP contribution < -0.4 is 0 Å². The van der Waals surface area contributed by atoms with Crippen molar-refractivity contribution in [1.29, 1.82) is 0 Å². The normalized spacial score (nSPS) is 10.5. The third-order valence-electron chi connectivity index (χ3n) is 1.31. The van der Waals surface area contributed by atoms with Crippen LogP contribution in [0, 0.1) is 5.92 Å². The van der Waals surface area contributed by atoms with Crippen LogP contribution in [0.1, 0.15) is 30.8 Å². The Bertz CT molecular complexity index is 226. The number of Topliss-reactive ketones (excluding diaryl/α,β-unsaturated/α-hetero) is 1. The lowest BCUT2D eigenvalue weighted by atomic mass is 10.1. The molecular formula is C8H11NO2. The van der Waals surface area contributed by atoms with Crippen LogP contribution in [0.3, 0.4) is 0 Å². The van der Waals surface area contributed by atoms with E-state index in [4.69, 9.17) is 4.52 Å². The van der Waals surface area contributed by atoms with Crippen LogP contribution in [0.4, 0.5) is 0 Å². The van der Waals surface area contributed by atoms with E-state index in [-0.39, 0.29) is 5.78 Å². The Morgan fingerprint density at radius 1 is 1.73 bits per heavy atom. The minimum atomic E-state index is 0.0255. The van der Waals surface area contributed by atoms with Crippen molar-refractivity contribution in [2.75, 3.05) is 0 Å². The third-order valence-corrected chi connectivity index (χ3v) is 1.31. The maximum absolute atomic E-state index is 11.2. The minimum Gasteiger partial charge on any atom is -0.353 e. The highest BCUT2D eigenvalue weighted by atomic mass is 16.5. The number of carbonyl (C=O) groups is 1. The topological polar surface area (TPSA) is 43.1 Å². The molecule has 0 saturated heterocycles. The molecule has 0 saturated carbocycles. The van der Waals surface area contributed by atoms with Crippen LogP contribution in [0.5, 0.6) is 0 Å². The molecule has 0 aliphatic rings. The van der Waals surface area contributed by atoms with Gasteiger partial charge in [-0.25, -0.2) is 0 Å². The lowest BCUT2D eigenvalue weighted by Crippen LogP contribution is -2.01. The van der Waals surface area contributed by atoms with Crippen molar-refractivity contribution in [3.05, 3.63) is 18.0 Å². The van der Waals surface area contributed by atoms with Gasteiger partial charge in [0.25, 0.3) is 0 Å². The zero-order valence-corrected chi connectivity index (χ0v) is 6.70. The van der Waals surface area contributed by atoms with Crippen molar-refractivity contribution in [3.8, 4) is 0 Å². The Morgan fingerprint density at radius 3 is 2.91 bits per heavy atom. The molecule has 0 aromatic carbocycles. The summed E-state index contributed by atoms with van der Waals surface area (Å²) in [4.78, 5) is 11.2. The average Bonchev–Trinajstić information content (AvgIpc) is 2.35. The molecule has 1 heterocycles. The molecule has 1 aromatic heterocycles. The van der Waals surface area contributed by atoms with E-state index in [2.05, 4.69) is 5.16 Å². The van der Waals surface area contributed by atoms with Crippen molar-refractivity contribution in [2.24, 2.45) is 5.92 Å². The summed E-state index contributed by atoms with van der Waals surface area (Å²) in [5.41, 5.74) is 0. The van der Waals surface area contributed by atoms with Gasteiger partial charge in [-0.1, -0.05) is 19.0 Å². The molecule has 0 N–H and O–H groups in total. The van der Waals surface area contributed by atoms with Crippen LogP contribution in [0.25, 0.3) is 0 Å². The van der Waals surface area contributed by atoms with Crippen LogP contribution in [0.2, 0.25) is 0 Å². The Balaban J connectivity index is 2.57. The molecule has 0 radical (unpaired) electrons.